The molecular weight excluding hydrogens is 333 g/mol. The van der Waals surface area contributed by atoms with E-state index >= 15 is 0 Å². The van der Waals surface area contributed by atoms with Crippen LogP contribution >= 0.6 is 0 Å². The lowest BCUT2D eigenvalue weighted by atomic mass is 10.1. The first-order valence-electron chi connectivity index (χ1n) is 7.89. The van der Waals surface area contributed by atoms with Crippen molar-refractivity contribution in [2.24, 2.45) is 0 Å². The van der Waals surface area contributed by atoms with Crippen LogP contribution < -0.4 is 10.1 Å². The second-order valence-electron chi connectivity index (χ2n) is 5.46. The van der Waals surface area contributed by atoms with Crippen molar-refractivity contribution in [1.82, 2.24) is 10.3 Å². The summed E-state index contributed by atoms with van der Waals surface area (Å²) in [7, 11) is 0. The fourth-order valence-corrected chi connectivity index (χ4v) is 2.14. The number of halogens is 3. The Bertz CT molecular complexity index is 700. The number of amides is 1. The standard InChI is InChI=1S/C18H19F3N2O2/c1-2-10-25-17-14(4-3-9-22-17)12-23-16(24)11-13-5-7-15(8-6-13)18(19,20)21/h3-9H,2,10-12H2,1H3,(H,23,24). The number of nitrogens with one attached hydrogen (secondary N) is 1. The van der Waals surface area contributed by atoms with Gasteiger partial charge >= 0.3 is 6.18 Å². The van der Waals surface area contributed by atoms with Gasteiger partial charge in [-0.25, -0.2) is 4.98 Å². The summed E-state index contributed by atoms with van der Waals surface area (Å²) >= 11 is 0. The van der Waals surface area contributed by atoms with Gasteiger partial charge < -0.3 is 10.1 Å². The van der Waals surface area contributed by atoms with Crippen LogP contribution in [0, 0.1) is 0 Å². The van der Waals surface area contributed by atoms with Crippen LogP contribution in [0.5, 0.6) is 5.88 Å². The second kappa shape index (κ2) is 8.50. The molecule has 0 saturated heterocycles. The molecule has 2 aromatic rings. The SMILES string of the molecule is CCCOc1ncccc1CNC(=O)Cc1ccc(C(F)(F)F)cc1. The molecular formula is C18H19F3N2O2. The van der Waals surface area contributed by atoms with Crippen LogP contribution in [0.2, 0.25) is 0 Å². The number of hydrogen-bond donors (Lipinski definition) is 1. The summed E-state index contributed by atoms with van der Waals surface area (Å²) in [5.41, 5.74) is 0.528. The van der Waals surface area contributed by atoms with Crippen LogP contribution in [0.3, 0.4) is 0 Å². The molecule has 0 aliphatic heterocycles. The molecule has 0 fully saturated rings. The van der Waals surface area contributed by atoms with Crippen LogP contribution in [0.15, 0.2) is 42.6 Å². The highest BCUT2D eigenvalue weighted by Gasteiger charge is 2.29. The summed E-state index contributed by atoms with van der Waals surface area (Å²) in [6, 6.07) is 8.11. The third kappa shape index (κ3) is 5.77. The molecule has 134 valence electrons. The Morgan fingerprint density at radius 3 is 2.56 bits per heavy atom. The number of alkyl halides is 3. The van der Waals surface area contributed by atoms with Crippen molar-refractivity contribution in [2.45, 2.75) is 32.5 Å². The summed E-state index contributed by atoms with van der Waals surface area (Å²) in [5.74, 6) is 0.184. The van der Waals surface area contributed by atoms with Gasteiger partial charge in [0.1, 0.15) is 0 Å². The Morgan fingerprint density at radius 2 is 1.92 bits per heavy atom. The summed E-state index contributed by atoms with van der Waals surface area (Å²) in [4.78, 5) is 16.1. The van der Waals surface area contributed by atoms with E-state index in [1.807, 2.05) is 6.92 Å². The minimum atomic E-state index is -4.38. The van der Waals surface area contributed by atoms with Gasteiger partial charge in [-0.2, -0.15) is 13.2 Å². The summed E-state index contributed by atoms with van der Waals surface area (Å²) in [6.07, 6.45) is -1.92. The molecule has 0 aliphatic rings. The predicted octanol–water partition coefficient (Wildman–Crippen LogP) is 3.75. The summed E-state index contributed by atoms with van der Waals surface area (Å²) in [5, 5.41) is 2.73. The number of carbonyl (C=O) groups excluding carboxylic acids is 1. The maximum atomic E-state index is 12.5. The number of rotatable bonds is 7. The van der Waals surface area contributed by atoms with Crippen molar-refractivity contribution in [1.29, 1.82) is 0 Å². The maximum Gasteiger partial charge on any atom is 0.416 e. The van der Waals surface area contributed by atoms with Crippen molar-refractivity contribution in [3.8, 4) is 5.88 Å². The van der Waals surface area contributed by atoms with Crippen molar-refractivity contribution in [3.05, 3.63) is 59.3 Å². The molecule has 25 heavy (non-hydrogen) atoms. The monoisotopic (exact) mass is 352 g/mol. The molecule has 0 bridgehead atoms. The van der Waals surface area contributed by atoms with Crippen molar-refractivity contribution in [2.75, 3.05) is 6.61 Å². The van der Waals surface area contributed by atoms with E-state index in [1.165, 1.54) is 12.1 Å². The predicted molar refractivity (Wildman–Crippen MR) is 87.0 cm³/mol. The molecule has 0 spiro atoms. The van der Waals surface area contributed by atoms with Gasteiger partial charge in [-0.1, -0.05) is 25.1 Å². The molecule has 0 unspecified atom stereocenters. The molecule has 0 atom stereocenters. The molecule has 1 amide bonds. The average Bonchev–Trinajstić information content (AvgIpc) is 2.58. The molecule has 2 rings (SSSR count). The summed E-state index contributed by atoms with van der Waals surface area (Å²) in [6.45, 7) is 2.75. The van der Waals surface area contributed by atoms with Gasteiger partial charge in [-0.3, -0.25) is 4.79 Å². The lowest BCUT2D eigenvalue weighted by Crippen LogP contribution is -2.25. The molecule has 1 heterocycles. The zero-order valence-electron chi connectivity index (χ0n) is 13.8. The van der Waals surface area contributed by atoms with E-state index in [0.717, 1.165) is 24.1 Å². The first-order valence-corrected chi connectivity index (χ1v) is 7.89. The van der Waals surface area contributed by atoms with Crippen molar-refractivity contribution in [3.63, 3.8) is 0 Å². The van der Waals surface area contributed by atoms with E-state index in [4.69, 9.17) is 4.74 Å². The van der Waals surface area contributed by atoms with Gasteiger partial charge in [0.2, 0.25) is 11.8 Å². The van der Waals surface area contributed by atoms with E-state index in [0.29, 0.717) is 18.1 Å². The fourth-order valence-electron chi connectivity index (χ4n) is 2.14. The van der Waals surface area contributed by atoms with Crippen molar-refractivity contribution >= 4 is 5.91 Å². The molecule has 1 aromatic heterocycles. The van der Waals surface area contributed by atoms with Gasteiger partial charge in [0.25, 0.3) is 0 Å². The van der Waals surface area contributed by atoms with Gasteiger partial charge in [0.15, 0.2) is 0 Å². The molecule has 4 nitrogen and oxygen atoms in total. The number of carbonyl (C=O) groups is 1. The fraction of sp³-hybridized carbons (Fsp3) is 0.333. The van der Waals surface area contributed by atoms with E-state index in [-0.39, 0.29) is 18.9 Å². The third-order valence-electron chi connectivity index (χ3n) is 3.41. The minimum Gasteiger partial charge on any atom is -0.477 e. The first-order chi connectivity index (χ1) is 11.9. The number of ether oxygens (including phenoxy) is 1. The lowest BCUT2D eigenvalue weighted by Gasteiger charge is -2.11. The Hall–Kier alpha value is -2.57. The topological polar surface area (TPSA) is 51.2 Å². The molecule has 1 aromatic carbocycles. The third-order valence-corrected chi connectivity index (χ3v) is 3.41. The van der Waals surface area contributed by atoms with Crippen LogP contribution in [0.4, 0.5) is 13.2 Å². The zero-order chi connectivity index (χ0) is 18.3. The second-order valence-corrected chi connectivity index (χ2v) is 5.46. The Balaban J connectivity index is 1.91. The molecule has 7 heteroatoms. The van der Waals surface area contributed by atoms with E-state index in [1.54, 1.807) is 18.3 Å². The van der Waals surface area contributed by atoms with Gasteiger partial charge in [-0.15, -0.1) is 0 Å². The molecule has 0 radical (unpaired) electrons. The quantitative estimate of drug-likeness (QED) is 0.826. The summed E-state index contributed by atoms with van der Waals surface area (Å²) < 4.78 is 43.1. The maximum absolute atomic E-state index is 12.5. The number of hydrogen-bond acceptors (Lipinski definition) is 3. The van der Waals surface area contributed by atoms with Gasteiger partial charge in [0.05, 0.1) is 18.6 Å². The van der Waals surface area contributed by atoms with E-state index < -0.39 is 11.7 Å². The highest BCUT2D eigenvalue weighted by molar-refractivity contribution is 5.78. The number of aromatic nitrogens is 1. The van der Waals surface area contributed by atoms with E-state index in [2.05, 4.69) is 10.3 Å². The molecule has 1 N–H and O–H groups in total. The number of nitrogens with zero attached hydrogens (tertiary/aromatic N) is 1. The smallest absolute Gasteiger partial charge is 0.416 e. The van der Waals surface area contributed by atoms with Crippen LogP contribution in [-0.4, -0.2) is 17.5 Å². The molecule has 0 aliphatic carbocycles. The Morgan fingerprint density at radius 1 is 1.20 bits per heavy atom. The highest BCUT2D eigenvalue weighted by atomic mass is 19.4. The number of benzene rings is 1. The zero-order valence-corrected chi connectivity index (χ0v) is 13.8. The van der Waals surface area contributed by atoms with Crippen molar-refractivity contribution < 1.29 is 22.7 Å². The Labute approximate surface area is 144 Å². The minimum absolute atomic E-state index is 0.00352. The van der Waals surface area contributed by atoms with Crippen LogP contribution in [0.25, 0.3) is 0 Å². The first kappa shape index (κ1) is 18.8. The van der Waals surface area contributed by atoms with Crippen LogP contribution in [0.1, 0.15) is 30.0 Å². The van der Waals surface area contributed by atoms with Gasteiger partial charge in [0, 0.05) is 18.3 Å². The normalized spacial score (nSPS) is 11.2. The van der Waals surface area contributed by atoms with E-state index in [9.17, 15) is 18.0 Å². The number of pyridine rings is 1. The highest BCUT2D eigenvalue weighted by Crippen LogP contribution is 2.29. The van der Waals surface area contributed by atoms with Gasteiger partial charge in [-0.05, 0) is 30.2 Å². The van der Waals surface area contributed by atoms with Crippen LogP contribution in [-0.2, 0) is 23.9 Å². The Kier molecular flexibility index (Phi) is 6.38. The molecule has 0 saturated carbocycles. The largest absolute Gasteiger partial charge is 0.477 e. The lowest BCUT2D eigenvalue weighted by molar-refractivity contribution is -0.137. The average molecular weight is 352 g/mol.